The molecule has 0 aliphatic carbocycles. The number of aldehydes is 1. The Morgan fingerprint density at radius 1 is 1.47 bits per heavy atom. The molecule has 92 valence electrons. The predicted octanol–water partition coefficient (Wildman–Crippen LogP) is 0.0772. The number of aliphatic hydroxyl groups excluding tert-OH is 2. The third kappa shape index (κ3) is 3.37. The molecule has 17 heavy (non-hydrogen) atoms. The van der Waals surface area contributed by atoms with Gasteiger partial charge in [-0.15, -0.1) is 0 Å². The van der Waals surface area contributed by atoms with Gasteiger partial charge in [-0.25, -0.2) is 0 Å². The van der Waals surface area contributed by atoms with E-state index in [-0.39, 0.29) is 12.0 Å². The van der Waals surface area contributed by atoms with Gasteiger partial charge in [0.15, 0.2) is 0 Å². The van der Waals surface area contributed by atoms with Gasteiger partial charge < -0.3 is 15.9 Å². The Hall–Kier alpha value is -1.72. The van der Waals surface area contributed by atoms with Crippen LogP contribution in [0.3, 0.4) is 0 Å². The summed E-state index contributed by atoms with van der Waals surface area (Å²) in [5, 5.41) is 19.4. The molecule has 1 amide bonds. The van der Waals surface area contributed by atoms with Crippen LogP contribution in [0.25, 0.3) is 0 Å². The molecule has 0 spiro atoms. The highest BCUT2D eigenvalue weighted by atomic mass is 16.3. The minimum Gasteiger partial charge on any atom is -0.390 e. The molecule has 5 heteroatoms. The number of primary amides is 1. The fourth-order valence-corrected chi connectivity index (χ4v) is 1.58. The molecule has 1 aromatic rings. The average Bonchev–Trinajstić information content (AvgIpc) is 2.27. The van der Waals surface area contributed by atoms with Crippen LogP contribution in [0, 0.1) is 6.92 Å². The Balaban J connectivity index is 3.01. The van der Waals surface area contributed by atoms with E-state index in [0.717, 1.165) is 5.56 Å². The summed E-state index contributed by atoms with van der Waals surface area (Å²) in [6, 6.07) is 4.87. The summed E-state index contributed by atoms with van der Waals surface area (Å²) in [4.78, 5) is 21.5. The predicted molar refractivity (Wildman–Crippen MR) is 61.3 cm³/mol. The van der Waals surface area contributed by atoms with E-state index in [1.54, 1.807) is 25.1 Å². The minimum atomic E-state index is -1.31. The van der Waals surface area contributed by atoms with Crippen LogP contribution >= 0.6 is 0 Å². The Labute approximate surface area is 98.9 Å². The van der Waals surface area contributed by atoms with Crippen LogP contribution in [0.1, 0.15) is 34.0 Å². The van der Waals surface area contributed by atoms with Gasteiger partial charge in [0.2, 0.25) is 5.91 Å². The maximum absolute atomic E-state index is 10.8. The summed E-state index contributed by atoms with van der Waals surface area (Å²) < 4.78 is 0. The van der Waals surface area contributed by atoms with Crippen LogP contribution in [0.15, 0.2) is 18.2 Å². The SMILES string of the molecule is Cc1ccc(C=O)c(C(O)C(O)CC(N)=O)c1. The summed E-state index contributed by atoms with van der Waals surface area (Å²) in [6.07, 6.45) is -2.38. The standard InChI is InChI=1S/C12H15NO4/c1-7-2-3-8(6-14)9(4-7)12(17)10(15)5-11(13)16/h2-4,6,10,12,15,17H,5H2,1H3,(H2,13,16). The first-order valence-corrected chi connectivity index (χ1v) is 5.16. The van der Waals surface area contributed by atoms with Crippen LogP contribution in [0.4, 0.5) is 0 Å². The zero-order valence-corrected chi connectivity index (χ0v) is 9.46. The van der Waals surface area contributed by atoms with Crippen LogP contribution in [-0.4, -0.2) is 28.5 Å². The smallest absolute Gasteiger partial charge is 0.220 e. The van der Waals surface area contributed by atoms with E-state index >= 15 is 0 Å². The zero-order chi connectivity index (χ0) is 13.0. The largest absolute Gasteiger partial charge is 0.390 e. The Morgan fingerprint density at radius 2 is 2.12 bits per heavy atom. The van der Waals surface area contributed by atoms with Gasteiger partial charge >= 0.3 is 0 Å². The summed E-state index contributed by atoms with van der Waals surface area (Å²) in [7, 11) is 0. The Kier molecular flexibility index (Phi) is 4.37. The lowest BCUT2D eigenvalue weighted by Gasteiger charge is -2.18. The molecular formula is C12H15NO4. The van der Waals surface area contributed by atoms with Crippen molar-refractivity contribution < 1.29 is 19.8 Å². The van der Waals surface area contributed by atoms with Gasteiger partial charge in [0.25, 0.3) is 0 Å². The number of hydrogen-bond donors (Lipinski definition) is 3. The first-order chi connectivity index (χ1) is 7.95. The summed E-state index contributed by atoms with van der Waals surface area (Å²) in [5.41, 5.74) is 6.36. The lowest BCUT2D eigenvalue weighted by molar-refractivity contribution is -0.121. The van der Waals surface area contributed by atoms with Crippen molar-refractivity contribution in [2.24, 2.45) is 5.73 Å². The molecule has 4 N–H and O–H groups in total. The molecule has 5 nitrogen and oxygen atoms in total. The molecule has 0 heterocycles. The van der Waals surface area contributed by atoms with E-state index in [2.05, 4.69) is 0 Å². The number of amides is 1. The van der Waals surface area contributed by atoms with Gasteiger partial charge in [-0.05, 0) is 12.5 Å². The molecule has 0 saturated heterocycles. The van der Waals surface area contributed by atoms with Crippen LogP contribution in [0.5, 0.6) is 0 Å². The highest BCUT2D eigenvalue weighted by Crippen LogP contribution is 2.23. The van der Waals surface area contributed by atoms with E-state index in [9.17, 15) is 19.8 Å². The normalized spacial score (nSPS) is 14.1. The van der Waals surface area contributed by atoms with Gasteiger partial charge in [-0.2, -0.15) is 0 Å². The quantitative estimate of drug-likeness (QED) is 0.631. The fraction of sp³-hybridized carbons (Fsp3) is 0.333. The molecule has 0 radical (unpaired) electrons. The number of aliphatic hydroxyl groups is 2. The van der Waals surface area contributed by atoms with Crippen LogP contribution < -0.4 is 5.73 Å². The van der Waals surface area contributed by atoms with E-state index in [4.69, 9.17) is 5.73 Å². The van der Waals surface area contributed by atoms with Gasteiger partial charge in [0.1, 0.15) is 12.4 Å². The maximum Gasteiger partial charge on any atom is 0.220 e. The Bertz CT molecular complexity index is 431. The third-order valence-electron chi connectivity index (χ3n) is 2.46. The van der Waals surface area contributed by atoms with Crippen molar-refractivity contribution in [2.75, 3.05) is 0 Å². The molecule has 2 atom stereocenters. The first kappa shape index (κ1) is 13.3. The minimum absolute atomic E-state index is 0.284. The first-order valence-electron chi connectivity index (χ1n) is 5.16. The molecule has 1 rings (SSSR count). The lowest BCUT2D eigenvalue weighted by atomic mass is 9.96. The highest BCUT2D eigenvalue weighted by Gasteiger charge is 2.22. The van der Waals surface area contributed by atoms with Crippen LogP contribution in [-0.2, 0) is 4.79 Å². The van der Waals surface area contributed by atoms with Crippen molar-refractivity contribution in [3.8, 4) is 0 Å². The molecule has 0 aliphatic heterocycles. The highest BCUT2D eigenvalue weighted by molar-refractivity contribution is 5.78. The van der Waals surface area contributed by atoms with Crippen molar-refractivity contribution >= 4 is 12.2 Å². The second kappa shape index (κ2) is 5.56. The average molecular weight is 237 g/mol. The molecule has 0 aliphatic rings. The molecule has 0 fully saturated rings. The molecule has 0 bridgehead atoms. The van der Waals surface area contributed by atoms with Crippen molar-refractivity contribution in [3.63, 3.8) is 0 Å². The number of carbonyl (C=O) groups is 2. The topological polar surface area (TPSA) is 101 Å². The third-order valence-corrected chi connectivity index (χ3v) is 2.46. The lowest BCUT2D eigenvalue weighted by Crippen LogP contribution is -2.26. The monoisotopic (exact) mass is 237 g/mol. The van der Waals surface area contributed by atoms with Gasteiger partial charge in [0.05, 0.1) is 12.5 Å². The second-order valence-corrected chi connectivity index (χ2v) is 3.93. The van der Waals surface area contributed by atoms with E-state index in [0.29, 0.717) is 11.8 Å². The van der Waals surface area contributed by atoms with E-state index in [1.807, 2.05) is 0 Å². The molecule has 0 saturated carbocycles. The van der Waals surface area contributed by atoms with Gasteiger partial charge in [-0.1, -0.05) is 23.8 Å². The summed E-state index contributed by atoms with van der Waals surface area (Å²) in [5.74, 6) is -0.711. The van der Waals surface area contributed by atoms with Gasteiger partial charge in [-0.3, -0.25) is 9.59 Å². The molecule has 2 unspecified atom stereocenters. The maximum atomic E-state index is 10.8. The summed E-state index contributed by atoms with van der Waals surface area (Å²) >= 11 is 0. The van der Waals surface area contributed by atoms with Crippen molar-refractivity contribution in [2.45, 2.75) is 25.6 Å². The van der Waals surface area contributed by atoms with Gasteiger partial charge in [0, 0.05) is 5.56 Å². The number of benzene rings is 1. The number of aryl methyl sites for hydroxylation is 1. The number of hydrogen-bond acceptors (Lipinski definition) is 4. The molecule has 1 aromatic carbocycles. The zero-order valence-electron chi connectivity index (χ0n) is 9.46. The number of carbonyl (C=O) groups excluding carboxylic acids is 2. The van der Waals surface area contributed by atoms with Crippen molar-refractivity contribution in [3.05, 3.63) is 34.9 Å². The van der Waals surface area contributed by atoms with E-state index < -0.39 is 18.1 Å². The summed E-state index contributed by atoms with van der Waals surface area (Å²) in [6.45, 7) is 1.80. The second-order valence-electron chi connectivity index (χ2n) is 3.93. The van der Waals surface area contributed by atoms with E-state index in [1.165, 1.54) is 0 Å². The van der Waals surface area contributed by atoms with Crippen LogP contribution in [0.2, 0.25) is 0 Å². The number of nitrogens with two attached hydrogens (primary N) is 1. The molecular weight excluding hydrogens is 222 g/mol. The van der Waals surface area contributed by atoms with Crippen molar-refractivity contribution in [1.29, 1.82) is 0 Å². The molecule has 0 aromatic heterocycles. The van der Waals surface area contributed by atoms with Crippen molar-refractivity contribution in [1.82, 2.24) is 0 Å². The number of rotatable bonds is 5. The fourth-order valence-electron chi connectivity index (χ4n) is 1.58. The Morgan fingerprint density at radius 3 is 2.65 bits per heavy atom.